The summed E-state index contributed by atoms with van der Waals surface area (Å²) in [6.45, 7) is -0.642. The van der Waals surface area contributed by atoms with Crippen LogP contribution in [-0.2, 0) is 9.47 Å². The van der Waals surface area contributed by atoms with Gasteiger partial charge in [-0.15, -0.1) is 0 Å². The van der Waals surface area contributed by atoms with Gasteiger partial charge in [-0.3, -0.25) is 0 Å². The maximum absolute atomic E-state index is 8.97. The first-order valence-electron chi connectivity index (χ1n) is 5.17. The maximum atomic E-state index is 8.97. The van der Waals surface area contributed by atoms with Crippen LogP contribution in [0.25, 0.3) is 0 Å². The van der Waals surface area contributed by atoms with Crippen molar-refractivity contribution in [1.29, 1.82) is 0 Å². The van der Waals surface area contributed by atoms with Crippen LogP contribution in [0, 0.1) is 0 Å². The maximum Gasteiger partial charge on any atom is 0.165 e. The molecule has 0 aliphatic carbocycles. The minimum atomic E-state index is -2.90. The van der Waals surface area contributed by atoms with E-state index in [-0.39, 0.29) is 6.42 Å². The number of rotatable bonds is 3. The predicted molar refractivity (Wildman–Crippen MR) is 36.6 cm³/mol. The van der Waals surface area contributed by atoms with Gasteiger partial charge in [-0.1, -0.05) is 0 Å². The molecule has 1 heterocycles. The van der Waals surface area contributed by atoms with Gasteiger partial charge in [-0.25, -0.2) is 0 Å². The quantitative estimate of drug-likeness (QED) is 0.637. The van der Waals surface area contributed by atoms with Gasteiger partial charge in [0.25, 0.3) is 0 Å². The molecule has 0 aromatic carbocycles. The Kier molecular flexibility index (Phi) is 1.34. The molecule has 1 rings (SSSR count). The molecule has 10 heavy (non-hydrogen) atoms. The van der Waals surface area contributed by atoms with E-state index < -0.39 is 18.7 Å². The van der Waals surface area contributed by atoms with E-state index >= 15 is 0 Å². The van der Waals surface area contributed by atoms with E-state index in [9.17, 15) is 0 Å². The molecule has 0 aromatic rings. The molecule has 0 radical (unpaired) electrons. The third-order valence-corrected chi connectivity index (χ3v) is 1.39. The molecule has 1 fully saturated rings. The van der Waals surface area contributed by atoms with Gasteiger partial charge in [0, 0.05) is 15.7 Å². The topological polar surface area (TPSA) is 38.7 Å². The molecule has 0 bridgehead atoms. The van der Waals surface area contributed by atoms with Crippen LogP contribution in [0.4, 0.5) is 0 Å². The van der Waals surface area contributed by atoms with Crippen LogP contribution in [0.1, 0.15) is 25.2 Å². The monoisotopic (exact) mass is 150 g/mol. The second-order valence-corrected chi connectivity index (χ2v) is 2.30. The zero-order chi connectivity index (χ0) is 11.0. The smallest absolute Gasteiger partial charge is 0.165 e. The summed E-state index contributed by atoms with van der Waals surface area (Å²) in [5, 5.41) is 8.97. The highest BCUT2D eigenvalue weighted by Crippen LogP contribution is 2.23. The first-order chi connectivity index (χ1) is 6.16. The summed E-state index contributed by atoms with van der Waals surface area (Å²) in [4.78, 5) is 0. The molecule has 1 aliphatic heterocycles. The largest absolute Gasteiger partial charge is 0.396 e. The van der Waals surface area contributed by atoms with Gasteiger partial charge in [0.1, 0.15) is 0 Å². The highest BCUT2D eigenvalue weighted by atomic mass is 16.7. The summed E-state index contributed by atoms with van der Waals surface area (Å²) in [5.41, 5.74) is 0. The van der Waals surface area contributed by atoms with Crippen molar-refractivity contribution in [2.75, 3.05) is 19.8 Å². The minimum Gasteiger partial charge on any atom is -0.396 e. The van der Waals surface area contributed by atoms with Gasteiger partial charge >= 0.3 is 0 Å². The van der Waals surface area contributed by atoms with E-state index in [1.54, 1.807) is 0 Å². The van der Waals surface area contributed by atoms with Crippen molar-refractivity contribution in [2.24, 2.45) is 0 Å². The molecule has 0 saturated carbocycles. The second kappa shape index (κ2) is 3.32. The van der Waals surface area contributed by atoms with Crippen molar-refractivity contribution in [3.05, 3.63) is 0 Å². The number of aliphatic hydroxyl groups is 1. The lowest BCUT2D eigenvalue weighted by atomic mass is 10.2. The second-order valence-electron chi connectivity index (χ2n) is 2.30. The van der Waals surface area contributed by atoms with E-state index in [2.05, 4.69) is 0 Å². The van der Waals surface area contributed by atoms with Crippen LogP contribution in [0.3, 0.4) is 0 Å². The molecular weight excluding hydrogens is 132 g/mol. The van der Waals surface area contributed by atoms with Gasteiger partial charge in [-0.05, 0) is 13.3 Å². The fourth-order valence-corrected chi connectivity index (χ4v) is 0.859. The lowest BCUT2D eigenvalue weighted by molar-refractivity contribution is -0.148. The molecule has 3 heteroatoms. The molecule has 0 unspecified atom stereocenters. The Morgan fingerprint density at radius 3 is 2.70 bits per heavy atom. The molecular formula is C7H14O3. The number of hydrogen-bond acceptors (Lipinski definition) is 3. The molecule has 0 spiro atoms. The van der Waals surface area contributed by atoms with Gasteiger partial charge in [0.15, 0.2) is 5.79 Å². The fourth-order valence-electron chi connectivity index (χ4n) is 0.859. The van der Waals surface area contributed by atoms with Gasteiger partial charge in [-0.2, -0.15) is 0 Å². The molecule has 1 saturated heterocycles. The molecule has 0 amide bonds. The first-order valence-corrected chi connectivity index (χ1v) is 3.17. The molecule has 3 nitrogen and oxygen atoms in total. The molecule has 0 atom stereocenters. The zero-order valence-corrected chi connectivity index (χ0v) is 5.89. The summed E-state index contributed by atoms with van der Waals surface area (Å²) in [6.07, 6.45) is -2.74. The Bertz CT molecular complexity index is 207. The summed E-state index contributed by atoms with van der Waals surface area (Å²) >= 11 is 0. The minimum absolute atomic E-state index is 0.344. The van der Waals surface area contributed by atoms with Gasteiger partial charge in [0.2, 0.25) is 0 Å². The van der Waals surface area contributed by atoms with Crippen molar-refractivity contribution >= 4 is 0 Å². The van der Waals surface area contributed by atoms with Crippen LogP contribution < -0.4 is 0 Å². The molecule has 0 aromatic heterocycles. The third kappa shape index (κ3) is 1.94. The van der Waals surface area contributed by atoms with Crippen molar-refractivity contribution in [2.45, 2.75) is 25.5 Å². The SMILES string of the molecule is [2H]C([2H])(O)C([2H])([2H])CC1(C)OCCO1. The summed E-state index contributed by atoms with van der Waals surface area (Å²) in [7, 11) is 0. The van der Waals surface area contributed by atoms with Crippen LogP contribution in [0.2, 0.25) is 0 Å². The Hall–Kier alpha value is -0.120. The Balaban J connectivity index is 2.67. The van der Waals surface area contributed by atoms with Gasteiger partial charge < -0.3 is 14.6 Å². The van der Waals surface area contributed by atoms with Crippen LogP contribution >= 0.6 is 0 Å². The normalized spacial score (nSPS) is 32.2. The highest BCUT2D eigenvalue weighted by molar-refractivity contribution is 4.67. The highest BCUT2D eigenvalue weighted by Gasteiger charge is 2.29. The van der Waals surface area contributed by atoms with E-state index in [4.69, 9.17) is 20.1 Å². The van der Waals surface area contributed by atoms with Crippen molar-refractivity contribution in [3.8, 4) is 0 Å². The van der Waals surface area contributed by atoms with E-state index in [1.165, 1.54) is 6.92 Å². The number of hydrogen-bond donors (Lipinski definition) is 1. The van der Waals surface area contributed by atoms with Crippen LogP contribution in [0.5, 0.6) is 0 Å². The first kappa shape index (κ1) is 4.04. The van der Waals surface area contributed by atoms with Crippen molar-refractivity contribution in [1.82, 2.24) is 0 Å². The Morgan fingerprint density at radius 1 is 1.60 bits per heavy atom. The lowest BCUT2D eigenvalue weighted by Crippen LogP contribution is -2.25. The average molecular weight is 150 g/mol. The fraction of sp³-hybridized carbons (Fsp3) is 1.00. The average Bonchev–Trinajstić information content (AvgIpc) is 2.31. The van der Waals surface area contributed by atoms with E-state index in [0.29, 0.717) is 13.2 Å². The predicted octanol–water partition coefficient (Wildman–Crippen LogP) is 0.522. The molecule has 1 aliphatic rings. The summed E-state index contributed by atoms with van der Waals surface area (Å²) in [5.74, 6) is -1.14. The molecule has 60 valence electrons. The third-order valence-electron chi connectivity index (χ3n) is 1.39. The Labute approximate surface area is 66.6 Å². The Morgan fingerprint density at radius 2 is 2.20 bits per heavy atom. The standard InChI is InChI=1S/C7H14O3/c1-7(3-2-4-8)9-5-6-10-7/h8H,2-6H2,1H3/i2D2,4D2. The van der Waals surface area contributed by atoms with Crippen LogP contribution in [0.15, 0.2) is 0 Å². The van der Waals surface area contributed by atoms with E-state index in [1.807, 2.05) is 0 Å². The van der Waals surface area contributed by atoms with E-state index in [0.717, 1.165) is 0 Å². The zero-order valence-electron chi connectivity index (χ0n) is 9.89. The van der Waals surface area contributed by atoms with Gasteiger partial charge in [0.05, 0.1) is 16.0 Å². The number of ether oxygens (including phenoxy) is 2. The van der Waals surface area contributed by atoms with Crippen molar-refractivity contribution in [3.63, 3.8) is 0 Å². The van der Waals surface area contributed by atoms with Crippen LogP contribution in [-0.4, -0.2) is 30.7 Å². The summed E-state index contributed by atoms with van der Waals surface area (Å²) in [6, 6.07) is 0. The summed E-state index contributed by atoms with van der Waals surface area (Å²) < 4.78 is 38.8. The molecule has 1 N–H and O–H groups in total. The lowest BCUT2D eigenvalue weighted by Gasteiger charge is -2.21. The van der Waals surface area contributed by atoms with Crippen molar-refractivity contribution < 1.29 is 20.1 Å².